The minimum Gasteiger partial charge on any atom is -0.325 e. The van der Waals surface area contributed by atoms with Gasteiger partial charge in [0, 0.05) is 23.7 Å². The molecule has 1 aromatic carbocycles. The van der Waals surface area contributed by atoms with Crippen molar-refractivity contribution < 1.29 is 4.39 Å². The fraction of sp³-hybridized carbons (Fsp3) is 0.231. The Morgan fingerprint density at radius 1 is 1.28 bits per heavy atom. The van der Waals surface area contributed by atoms with Gasteiger partial charge in [0.15, 0.2) is 0 Å². The highest BCUT2D eigenvalue weighted by molar-refractivity contribution is 6.31. The van der Waals surface area contributed by atoms with Gasteiger partial charge in [-0.25, -0.2) is 14.4 Å². The van der Waals surface area contributed by atoms with Crippen molar-refractivity contribution in [3.63, 3.8) is 0 Å². The predicted molar refractivity (Wildman–Crippen MR) is 68.9 cm³/mol. The Bertz CT molecular complexity index is 572. The van der Waals surface area contributed by atoms with Crippen LogP contribution in [-0.4, -0.2) is 9.97 Å². The van der Waals surface area contributed by atoms with E-state index in [-0.39, 0.29) is 5.82 Å². The van der Waals surface area contributed by atoms with Crippen LogP contribution >= 0.6 is 11.6 Å². The third kappa shape index (κ3) is 3.03. The molecule has 2 N–H and O–H groups in total. The van der Waals surface area contributed by atoms with Crippen LogP contribution in [0.15, 0.2) is 24.3 Å². The largest absolute Gasteiger partial charge is 0.325 e. The van der Waals surface area contributed by atoms with Gasteiger partial charge in [-0.15, -0.1) is 0 Å². The van der Waals surface area contributed by atoms with Gasteiger partial charge in [-0.3, -0.25) is 0 Å². The number of nitrogens with zero attached hydrogens (tertiary/aromatic N) is 2. The molecule has 0 amide bonds. The number of aryl methyl sites for hydroxylation is 1. The zero-order chi connectivity index (χ0) is 13.1. The SMILES string of the molecule is Cc1cc(CN)nc(Cc2ccc(F)cc2Cl)n1. The van der Waals surface area contributed by atoms with Gasteiger partial charge in [0.05, 0.1) is 5.69 Å². The standard InChI is InChI=1S/C13H13ClFN3/c1-8-4-11(7-16)18-13(17-8)5-9-2-3-10(15)6-12(9)14/h2-4,6H,5,7,16H2,1H3. The van der Waals surface area contributed by atoms with Crippen LogP contribution in [0.4, 0.5) is 4.39 Å². The molecule has 0 spiro atoms. The Morgan fingerprint density at radius 2 is 2.06 bits per heavy atom. The molecule has 1 heterocycles. The Balaban J connectivity index is 2.30. The molecule has 0 bridgehead atoms. The summed E-state index contributed by atoms with van der Waals surface area (Å²) < 4.78 is 12.9. The number of halogens is 2. The first kappa shape index (κ1) is 12.9. The van der Waals surface area contributed by atoms with Crippen molar-refractivity contribution in [3.05, 3.63) is 57.9 Å². The maximum absolute atomic E-state index is 12.9. The lowest BCUT2D eigenvalue weighted by atomic mass is 10.1. The molecule has 0 saturated carbocycles. The molecule has 2 rings (SSSR count). The van der Waals surface area contributed by atoms with Crippen LogP contribution in [-0.2, 0) is 13.0 Å². The first-order valence-electron chi connectivity index (χ1n) is 5.56. The molecule has 94 valence electrons. The second-order valence-corrected chi connectivity index (χ2v) is 4.44. The summed E-state index contributed by atoms with van der Waals surface area (Å²) >= 11 is 5.97. The van der Waals surface area contributed by atoms with E-state index >= 15 is 0 Å². The minimum absolute atomic E-state index is 0.350. The third-order valence-corrected chi connectivity index (χ3v) is 2.88. The molecule has 0 saturated heterocycles. The fourth-order valence-corrected chi connectivity index (χ4v) is 1.95. The summed E-state index contributed by atoms with van der Waals surface area (Å²) in [6, 6.07) is 6.15. The second-order valence-electron chi connectivity index (χ2n) is 4.03. The van der Waals surface area contributed by atoms with Crippen LogP contribution in [0.1, 0.15) is 22.8 Å². The normalized spacial score (nSPS) is 10.7. The predicted octanol–water partition coefficient (Wildman–Crippen LogP) is 2.63. The van der Waals surface area contributed by atoms with Crippen LogP contribution in [0.25, 0.3) is 0 Å². The topological polar surface area (TPSA) is 51.8 Å². The highest BCUT2D eigenvalue weighted by atomic mass is 35.5. The second kappa shape index (κ2) is 5.42. The van der Waals surface area contributed by atoms with E-state index in [2.05, 4.69) is 9.97 Å². The van der Waals surface area contributed by atoms with Gasteiger partial charge < -0.3 is 5.73 Å². The highest BCUT2D eigenvalue weighted by Gasteiger charge is 2.07. The maximum atomic E-state index is 12.9. The Morgan fingerprint density at radius 3 is 2.72 bits per heavy atom. The number of nitrogens with two attached hydrogens (primary N) is 1. The summed E-state index contributed by atoms with van der Waals surface area (Å²) in [6.45, 7) is 2.25. The summed E-state index contributed by atoms with van der Waals surface area (Å²) in [5.41, 5.74) is 8.01. The van der Waals surface area contributed by atoms with Gasteiger partial charge in [-0.05, 0) is 30.7 Å². The highest BCUT2D eigenvalue weighted by Crippen LogP contribution is 2.19. The van der Waals surface area contributed by atoms with E-state index in [0.717, 1.165) is 17.0 Å². The summed E-state index contributed by atoms with van der Waals surface area (Å²) in [6.07, 6.45) is 0.466. The number of benzene rings is 1. The van der Waals surface area contributed by atoms with E-state index in [1.807, 2.05) is 13.0 Å². The van der Waals surface area contributed by atoms with Gasteiger partial charge in [0.1, 0.15) is 11.6 Å². The molecule has 18 heavy (non-hydrogen) atoms. The molecule has 0 fully saturated rings. The van der Waals surface area contributed by atoms with E-state index in [1.54, 1.807) is 6.07 Å². The van der Waals surface area contributed by atoms with Crippen molar-refractivity contribution in [1.82, 2.24) is 9.97 Å². The molecule has 0 unspecified atom stereocenters. The van der Waals surface area contributed by atoms with Gasteiger partial charge in [0.25, 0.3) is 0 Å². The minimum atomic E-state index is -0.350. The molecular weight excluding hydrogens is 253 g/mol. The summed E-state index contributed by atoms with van der Waals surface area (Å²) in [5, 5.41) is 0.384. The molecule has 2 aromatic rings. The zero-order valence-electron chi connectivity index (χ0n) is 9.95. The van der Waals surface area contributed by atoms with Crippen molar-refractivity contribution in [2.75, 3.05) is 0 Å². The van der Waals surface area contributed by atoms with Crippen molar-refractivity contribution in [1.29, 1.82) is 0 Å². The van der Waals surface area contributed by atoms with Crippen LogP contribution < -0.4 is 5.73 Å². The Kier molecular flexibility index (Phi) is 3.89. The molecule has 3 nitrogen and oxygen atoms in total. The Hall–Kier alpha value is -1.52. The average molecular weight is 266 g/mol. The van der Waals surface area contributed by atoms with Gasteiger partial charge in [-0.2, -0.15) is 0 Å². The lowest BCUT2D eigenvalue weighted by Crippen LogP contribution is -2.06. The molecule has 0 aliphatic heterocycles. The smallest absolute Gasteiger partial charge is 0.133 e. The third-order valence-electron chi connectivity index (χ3n) is 2.53. The van der Waals surface area contributed by atoms with Crippen molar-refractivity contribution >= 4 is 11.6 Å². The van der Waals surface area contributed by atoms with Crippen molar-refractivity contribution in [2.45, 2.75) is 19.9 Å². The Labute approximate surface area is 110 Å². The molecule has 0 aliphatic carbocycles. The van der Waals surface area contributed by atoms with E-state index in [4.69, 9.17) is 17.3 Å². The maximum Gasteiger partial charge on any atom is 0.133 e. The molecule has 0 atom stereocenters. The van der Waals surface area contributed by atoms with Crippen molar-refractivity contribution in [2.24, 2.45) is 5.73 Å². The summed E-state index contributed by atoms with van der Waals surface area (Å²) in [7, 11) is 0. The van der Waals surface area contributed by atoms with Crippen molar-refractivity contribution in [3.8, 4) is 0 Å². The van der Waals surface area contributed by atoms with Crippen LogP contribution in [0, 0.1) is 12.7 Å². The summed E-state index contributed by atoms with van der Waals surface area (Å²) in [4.78, 5) is 8.64. The molecular formula is C13H13ClFN3. The number of hydrogen-bond donors (Lipinski definition) is 1. The number of aromatic nitrogens is 2. The zero-order valence-corrected chi connectivity index (χ0v) is 10.7. The van der Waals surface area contributed by atoms with Crippen LogP contribution in [0.5, 0.6) is 0 Å². The van der Waals surface area contributed by atoms with Gasteiger partial charge in [-0.1, -0.05) is 17.7 Å². The van der Waals surface area contributed by atoms with E-state index in [9.17, 15) is 4.39 Å². The molecule has 0 radical (unpaired) electrons. The first-order valence-corrected chi connectivity index (χ1v) is 5.93. The molecule has 5 heteroatoms. The van der Waals surface area contributed by atoms with Gasteiger partial charge >= 0.3 is 0 Å². The lowest BCUT2D eigenvalue weighted by Gasteiger charge is -2.06. The van der Waals surface area contributed by atoms with E-state index in [0.29, 0.717) is 23.8 Å². The van der Waals surface area contributed by atoms with E-state index in [1.165, 1.54) is 12.1 Å². The summed E-state index contributed by atoms with van der Waals surface area (Å²) in [5.74, 6) is 0.292. The fourth-order valence-electron chi connectivity index (χ4n) is 1.72. The average Bonchev–Trinajstić information content (AvgIpc) is 2.32. The lowest BCUT2D eigenvalue weighted by molar-refractivity contribution is 0.627. The quantitative estimate of drug-likeness (QED) is 0.928. The first-order chi connectivity index (χ1) is 8.58. The molecule has 1 aromatic heterocycles. The number of rotatable bonds is 3. The van der Waals surface area contributed by atoms with Crippen LogP contribution in [0.2, 0.25) is 5.02 Å². The number of hydrogen-bond acceptors (Lipinski definition) is 3. The van der Waals surface area contributed by atoms with Crippen LogP contribution in [0.3, 0.4) is 0 Å². The molecule has 0 aliphatic rings. The van der Waals surface area contributed by atoms with Gasteiger partial charge in [0.2, 0.25) is 0 Å². The monoisotopic (exact) mass is 265 g/mol. The van der Waals surface area contributed by atoms with E-state index < -0.39 is 0 Å².